The van der Waals surface area contributed by atoms with Gasteiger partial charge in [0.15, 0.2) is 0 Å². The number of carbonyl (C=O) groups is 2. The Labute approximate surface area is 125 Å². The van der Waals surface area contributed by atoms with Crippen LogP contribution in [0.25, 0.3) is 0 Å². The van der Waals surface area contributed by atoms with Crippen molar-refractivity contribution in [1.82, 2.24) is 15.6 Å². The average molecular weight is 305 g/mol. The standard InChI is InChI=1S/C14H15N3O3S/c1-9-12(21-8-17-9)7-16-14(20)15-6-10-2-4-11(5-3-10)13(18)19/h2-5,8H,6-7H2,1H3,(H,18,19)(H2,15,16,20). The van der Waals surface area contributed by atoms with Crippen LogP contribution in [0.5, 0.6) is 0 Å². The first-order valence-electron chi connectivity index (χ1n) is 6.29. The molecule has 1 aromatic heterocycles. The number of thiazole rings is 1. The van der Waals surface area contributed by atoms with Crippen molar-refractivity contribution < 1.29 is 14.7 Å². The summed E-state index contributed by atoms with van der Waals surface area (Å²) in [5.41, 5.74) is 3.73. The predicted molar refractivity (Wildman–Crippen MR) is 79.3 cm³/mol. The molecule has 0 unspecified atom stereocenters. The summed E-state index contributed by atoms with van der Waals surface area (Å²) in [5, 5.41) is 14.3. The van der Waals surface area contributed by atoms with Crippen LogP contribution in [-0.2, 0) is 13.1 Å². The molecular formula is C14H15N3O3S. The maximum absolute atomic E-state index is 11.7. The van der Waals surface area contributed by atoms with Crippen LogP contribution in [0.1, 0.15) is 26.5 Å². The number of aromatic nitrogens is 1. The van der Waals surface area contributed by atoms with Crippen LogP contribution in [0.3, 0.4) is 0 Å². The number of hydrogen-bond donors (Lipinski definition) is 3. The number of amides is 2. The van der Waals surface area contributed by atoms with Crippen LogP contribution in [0, 0.1) is 6.92 Å². The highest BCUT2D eigenvalue weighted by Gasteiger charge is 2.05. The van der Waals surface area contributed by atoms with Gasteiger partial charge in [-0.1, -0.05) is 12.1 Å². The maximum atomic E-state index is 11.7. The highest BCUT2D eigenvalue weighted by atomic mass is 32.1. The summed E-state index contributed by atoms with van der Waals surface area (Å²) >= 11 is 1.50. The van der Waals surface area contributed by atoms with Gasteiger partial charge in [-0.2, -0.15) is 0 Å². The van der Waals surface area contributed by atoms with Crippen molar-refractivity contribution in [2.75, 3.05) is 0 Å². The first kappa shape index (κ1) is 15.0. The molecule has 0 spiro atoms. The van der Waals surface area contributed by atoms with Crippen LogP contribution >= 0.6 is 11.3 Å². The maximum Gasteiger partial charge on any atom is 0.335 e. The number of carbonyl (C=O) groups excluding carboxylic acids is 1. The zero-order chi connectivity index (χ0) is 15.2. The fourth-order valence-electron chi connectivity index (χ4n) is 1.67. The Bertz CT molecular complexity index is 637. The first-order valence-corrected chi connectivity index (χ1v) is 7.17. The summed E-state index contributed by atoms with van der Waals surface area (Å²) in [6, 6.07) is 6.11. The topological polar surface area (TPSA) is 91.3 Å². The minimum Gasteiger partial charge on any atom is -0.478 e. The molecule has 1 heterocycles. The molecule has 0 bridgehead atoms. The third-order valence-electron chi connectivity index (χ3n) is 2.91. The van der Waals surface area contributed by atoms with E-state index in [9.17, 15) is 9.59 Å². The third kappa shape index (κ3) is 4.28. The summed E-state index contributed by atoms with van der Waals surface area (Å²) in [7, 11) is 0. The Balaban J connectivity index is 1.78. The molecule has 110 valence electrons. The summed E-state index contributed by atoms with van der Waals surface area (Å²) in [4.78, 5) is 27.5. The second-order valence-corrected chi connectivity index (χ2v) is 5.34. The number of nitrogens with zero attached hydrogens (tertiary/aromatic N) is 1. The predicted octanol–water partition coefficient (Wildman–Crippen LogP) is 2.15. The number of carboxylic acid groups (broad SMARTS) is 1. The summed E-state index contributed by atoms with van der Waals surface area (Å²) in [6.07, 6.45) is 0. The van der Waals surface area contributed by atoms with Crippen molar-refractivity contribution in [2.24, 2.45) is 0 Å². The molecule has 1 aromatic carbocycles. The normalized spacial score (nSPS) is 10.1. The number of aryl methyl sites for hydroxylation is 1. The van der Waals surface area contributed by atoms with Gasteiger partial charge in [-0.05, 0) is 24.6 Å². The highest BCUT2D eigenvalue weighted by Crippen LogP contribution is 2.11. The Morgan fingerprint density at radius 3 is 2.43 bits per heavy atom. The molecular weight excluding hydrogens is 290 g/mol. The molecule has 0 aliphatic rings. The second kappa shape index (κ2) is 6.85. The summed E-state index contributed by atoms with van der Waals surface area (Å²) in [5.74, 6) is -0.966. The molecule has 2 aromatic rings. The molecule has 0 atom stereocenters. The largest absolute Gasteiger partial charge is 0.478 e. The minimum absolute atomic E-state index is 0.226. The lowest BCUT2D eigenvalue weighted by Gasteiger charge is -2.07. The fraction of sp³-hybridized carbons (Fsp3) is 0.214. The van der Waals surface area contributed by atoms with Gasteiger partial charge in [-0.15, -0.1) is 11.3 Å². The molecule has 21 heavy (non-hydrogen) atoms. The second-order valence-electron chi connectivity index (χ2n) is 4.40. The lowest BCUT2D eigenvalue weighted by atomic mass is 10.1. The molecule has 0 fully saturated rings. The van der Waals surface area contributed by atoms with Crippen LogP contribution < -0.4 is 10.6 Å². The number of benzene rings is 1. The van der Waals surface area contributed by atoms with Gasteiger partial charge in [-0.3, -0.25) is 0 Å². The zero-order valence-corrected chi connectivity index (χ0v) is 12.2. The Hall–Kier alpha value is -2.41. The van der Waals surface area contributed by atoms with E-state index in [1.165, 1.54) is 23.5 Å². The zero-order valence-electron chi connectivity index (χ0n) is 11.4. The quantitative estimate of drug-likeness (QED) is 0.789. The Morgan fingerprint density at radius 1 is 1.19 bits per heavy atom. The van der Waals surface area contributed by atoms with Crippen LogP contribution in [0.4, 0.5) is 4.79 Å². The molecule has 7 heteroatoms. The van der Waals surface area contributed by atoms with E-state index >= 15 is 0 Å². The van der Waals surface area contributed by atoms with Gasteiger partial charge >= 0.3 is 12.0 Å². The van der Waals surface area contributed by atoms with E-state index in [-0.39, 0.29) is 11.6 Å². The van der Waals surface area contributed by atoms with E-state index in [0.717, 1.165) is 16.1 Å². The van der Waals surface area contributed by atoms with Gasteiger partial charge in [0.2, 0.25) is 0 Å². The van der Waals surface area contributed by atoms with Crippen molar-refractivity contribution in [3.05, 3.63) is 51.5 Å². The van der Waals surface area contributed by atoms with Gasteiger partial charge in [0.25, 0.3) is 0 Å². The van der Waals surface area contributed by atoms with E-state index < -0.39 is 5.97 Å². The molecule has 3 N–H and O–H groups in total. The highest BCUT2D eigenvalue weighted by molar-refractivity contribution is 7.09. The monoisotopic (exact) mass is 305 g/mol. The van der Waals surface area contributed by atoms with Crippen molar-refractivity contribution in [3.63, 3.8) is 0 Å². The van der Waals surface area contributed by atoms with Crippen molar-refractivity contribution >= 4 is 23.3 Å². The Morgan fingerprint density at radius 2 is 1.86 bits per heavy atom. The van der Waals surface area contributed by atoms with Gasteiger partial charge in [-0.25, -0.2) is 14.6 Å². The molecule has 6 nitrogen and oxygen atoms in total. The van der Waals surface area contributed by atoms with Gasteiger partial charge < -0.3 is 15.7 Å². The average Bonchev–Trinajstić information content (AvgIpc) is 2.88. The van der Waals surface area contributed by atoms with Gasteiger partial charge in [0.1, 0.15) is 0 Å². The molecule has 0 radical (unpaired) electrons. The lowest BCUT2D eigenvalue weighted by molar-refractivity contribution is 0.0697. The van der Waals surface area contributed by atoms with Crippen LogP contribution in [0.15, 0.2) is 29.8 Å². The van der Waals surface area contributed by atoms with Crippen molar-refractivity contribution in [1.29, 1.82) is 0 Å². The van der Waals surface area contributed by atoms with Crippen molar-refractivity contribution in [3.8, 4) is 0 Å². The molecule has 2 rings (SSSR count). The first-order chi connectivity index (χ1) is 10.1. The van der Waals surface area contributed by atoms with Gasteiger partial charge in [0, 0.05) is 11.4 Å². The SMILES string of the molecule is Cc1ncsc1CNC(=O)NCc1ccc(C(=O)O)cc1. The molecule has 2 amide bonds. The molecule has 0 aliphatic heterocycles. The van der Waals surface area contributed by atoms with Gasteiger partial charge in [0.05, 0.1) is 23.3 Å². The van der Waals surface area contributed by atoms with Crippen LogP contribution in [0.2, 0.25) is 0 Å². The van der Waals surface area contributed by atoms with E-state index in [1.807, 2.05) is 6.92 Å². The smallest absolute Gasteiger partial charge is 0.335 e. The number of nitrogens with one attached hydrogen (secondary N) is 2. The summed E-state index contributed by atoms with van der Waals surface area (Å²) < 4.78 is 0. The van der Waals surface area contributed by atoms with E-state index in [4.69, 9.17) is 5.11 Å². The molecule has 0 saturated heterocycles. The minimum atomic E-state index is -0.966. The molecule has 0 saturated carbocycles. The van der Waals surface area contributed by atoms with E-state index in [0.29, 0.717) is 13.1 Å². The number of urea groups is 1. The lowest BCUT2D eigenvalue weighted by Crippen LogP contribution is -2.34. The van der Waals surface area contributed by atoms with E-state index in [2.05, 4.69) is 15.6 Å². The fourth-order valence-corrected chi connectivity index (χ4v) is 2.38. The Kier molecular flexibility index (Phi) is 4.89. The molecule has 0 aliphatic carbocycles. The third-order valence-corrected chi connectivity index (χ3v) is 3.84. The number of rotatable bonds is 5. The van der Waals surface area contributed by atoms with Crippen LogP contribution in [-0.4, -0.2) is 22.1 Å². The number of aromatic carboxylic acids is 1. The summed E-state index contributed by atoms with van der Waals surface area (Å²) in [6.45, 7) is 2.68. The van der Waals surface area contributed by atoms with E-state index in [1.54, 1.807) is 17.6 Å². The number of carboxylic acids is 1. The van der Waals surface area contributed by atoms with Crippen molar-refractivity contribution in [2.45, 2.75) is 20.0 Å². The number of hydrogen-bond acceptors (Lipinski definition) is 4.